The monoisotopic (exact) mass is 600 g/mol. The van der Waals surface area contributed by atoms with Crippen molar-refractivity contribution >= 4 is 43.5 Å². The van der Waals surface area contributed by atoms with Gasteiger partial charge >= 0.3 is 0 Å². The summed E-state index contributed by atoms with van der Waals surface area (Å²) >= 11 is 0. The molecule has 4 aromatic heterocycles. The third kappa shape index (κ3) is 4.14. The first-order valence-electron chi connectivity index (χ1n) is 13.2. The molecular formula is C30H25FN6O5S. The smallest absolute Gasteiger partial charge is 0.255 e. The third-order valence-corrected chi connectivity index (χ3v) is 8.87. The number of anilines is 1. The number of benzene rings is 2. The van der Waals surface area contributed by atoms with E-state index >= 15 is 0 Å². The van der Waals surface area contributed by atoms with Crippen molar-refractivity contribution in [1.82, 2.24) is 24.6 Å². The van der Waals surface area contributed by atoms with Crippen molar-refractivity contribution in [2.24, 2.45) is 7.05 Å². The predicted molar refractivity (Wildman–Crippen MR) is 160 cm³/mol. The average Bonchev–Trinajstić information content (AvgIpc) is 3.70. The SMILES string of the molecule is CNC(=O)c1c(-c2cnn(C)c2)oc2cc(N(C)S(C)(=O)=O)c(-c3ccc4c(n3)-c3cc5c(F)cccc5n3CO4)cc12. The Bertz CT molecular complexity index is 2230. The van der Waals surface area contributed by atoms with E-state index in [4.69, 9.17) is 14.1 Å². The van der Waals surface area contributed by atoms with Crippen LogP contribution in [0.1, 0.15) is 10.4 Å². The lowest BCUT2D eigenvalue weighted by Gasteiger charge is -2.23. The van der Waals surface area contributed by atoms with Gasteiger partial charge in [0.15, 0.2) is 12.5 Å². The van der Waals surface area contributed by atoms with Gasteiger partial charge in [0.25, 0.3) is 5.91 Å². The molecule has 1 aliphatic rings. The van der Waals surface area contributed by atoms with Gasteiger partial charge in [-0.1, -0.05) is 6.07 Å². The zero-order valence-electron chi connectivity index (χ0n) is 23.5. The second-order valence-corrected chi connectivity index (χ2v) is 12.3. The molecule has 0 aliphatic carbocycles. The summed E-state index contributed by atoms with van der Waals surface area (Å²) < 4.78 is 56.9. The van der Waals surface area contributed by atoms with Crippen molar-refractivity contribution < 1.29 is 26.8 Å². The van der Waals surface area contributed by atoms with Gasteiger partial charge in [-0.3, -0.25) is 13.8 Å². The number of fused-ring (bicyclic) bond motifs is 6. The van der Waals surface area contributed by atoms with Crippen LogP contribution in [0, 0.1) is 5.82 Å². The van der Waals surface area contributed by atoms with Crippen molar-refractivity contribution in [3.05, 3.63) is 72.3 Å². The number of sulfonamides is 1. The number of aryl methyl sites for hydroxylation is 1. The van der Waals surface area contributed by atoms with Crippen LogP contribution < -0.4 is 14.4 Å². The Morgan fingerprint density at radius 2 is 1.95 bits per heavy atom. The van der Waals surface area contributed by atoms with Crippen LogP contribution in [0.4, 0.5) is 10.1 Å². The van der Waals surface area contributed by atoms with Gasteiger partial charge in [0.2, 0.25) is 10.0 Å². The quantitative estimate of drug-likeness (QED) is 0.303. The number of pyridine rings is 1. The van der Waals surface area contributed by atoms with Crippen LogP contribution in [0.5, 0.6) is 5.75 Å². The fourth-order valence-corrected chi connectivity index (χ4v) is 5.99. The first kappa shape index (κ1) is 26.7. The Labute approximate surface area is 245 Å². The van der Waals surface area contributed by atoms with Crippen LogP contribution in [-0.4, -0.2) is 54.0 Å². The molecule has 0 fully saturated rings. The molecule has 0 radical (unpaired) electrons. The van der Waals surface area contributed by atoms with E-state index in [0.29, 0.717) is 67.3 Å². The molecule has 11 nitrogen and oxygen atoms in total. The Hall–Kier alpha value is -5.17. The number of furan rings is 1. The number of amides is 1. The lowest BCUT2D eigenvalue weighted by atomic mass is 10.0. The van der Waals surface area contributed by atoms with Crippen molar-refractivity contribution in [3.63, 3.8) is 0 Å². The fourth-order valence-electron chi connectivity index (χ4n) is 5.48. The van der Waals surface area contributed by atoms with E-state index < -0.39 is 10.0 Å². The minimum Gasteiger partial charge on any atom is -0.470 e. The number of hydrogen-bond acceptors (Lipinski definition) is 7. The van der Waals surface area contributed by atoms with Gasteiger partial charge in [-0.25, -0.2) is 17.8 Å². The van der Waals surface area contributed by atoms with E-state index in [1.807, 2.05) is 10.6 Å². The van der Waals surface area contributed by atoms with Gasteiger partial charge in [-0.2, -0.15) is 5.10 Å². The number of ether oxygens (including phenoxy) is 1. The summed E-state index contributed by atoms with van der Waals surface area (Å²) in [5.41, 5.74) is 4.12. The van der Waals surface area contributed by atoms with Gasteiger partial charge in [-0.15, -0.1) is 0 Å². The summed E-state index contributed by atoms with van der Waals surface area (Å²) in [4.78, 5) is 18.1. The number of rotatable bonds is 5. The van der Waals surface area contributed by atoms with Gasteiger partial charge in [0.1, 0.15) is 22.8 Å². The number of nitrogens with one attached hydrogen (secondary N) is 1. The molecule has 1 aliphatic heterocycles. The van der Waals surface area contributed by atoms with Crippen LogP contribution in [0.25, 0.3) is 55.8 Å². The molecule has 2 aromatic carbocycles. The number of carbonyl (C=O) groups excluding carboxylic acids is 1. The van der Waals surface area contributed by atoms with E-state index in [-0.39, 0.29) is 24.0 Å². The minimum atomic E-state index is -3.72. The molecule has 1 N–H and O–H groups in total. The molecule has 7 rings (SSSR count). The van der Waals surface area contributed by atoms with E-state index in [1.165, 1.54) is 20.2 Å². The summed E-state index contributed by atoms with van der Waals surface area (Å²) in [5.74, 6) is 0.0644. The summed E-state index contributed by atoms with van der Waals surface area (Å²) in [6.45, 7) is 0.186. The topological polar surface area (TPSA) is 124 Å². The summed E-state index contributed by atoms with van der Waals surface area (Å²) in [7, 11) is 0.996. The minimum absolute atomic E-state index is 0.186. The second kappa shape index (κ2) is 9.42. The van der Waals surface area contributed by atoms with Crippen molar-refractivity contribution in [2.75, 3.05) is 24.7 Å². The lowest BCUT2D eigenvalue weighted by molar-refractivity contribution is 0.0964. The van der Waals surface area contributed by atoms with Crippen LogP contribution in [0.15, 0.2) is 65.3 Å². The molecule has 0 saturated carbocycles. The first-order chi connectivity index (χ1) is 20.5. The predicted octanol–water partition coefficient (Wildman–Crippen LogP) is 4.76. The van der Waals surface area contributed by atoms with Crippen LogP contribution in [0.2, 0.25) is 0 Å². The maximum Gasteiger partial charge on any atom is 0.255 e. The van der Waals surface area contributed by atoms with E-state index in [0.717, 1.165) is 10.6 Å². The molecule has 43 heavy (non-hydrogen) atoms. The zero-order valence-corrected chi connectivity index (χ0v) is 24.4. The highest BCUT2D eigenvalue weighted by molar-refractivity contribution is 7.92. The largest absolute Gasteiger partial charge is 0.470 e. The Morgan fingerprint density at radius 1 is 1.14 bits per heavy atom. The standard InChI is InChI=1S/C30H25FN6O5S/c1-32-30(38)27-19-10-18(23(36(3)43(4,39)40)12-26(19)42-29(27)16-13-33-35(2)14-16)21-8-9-25-28(34-21)24-11-17-20(31)6-5-7-22(17)37(24)15-41-25/h5-14H,15H2,1-4H3,(H,32,38). The summed E-state index contributed by atoms with van der Waals surface area (Å²) in [6, 6.07) is 13.3. The van der Waals surface area contributed by atoms with Crippen molar-refractivity contribution in [3.8, 4) is 39.7 Å². The fraction of sp³-hybridized carbons (Fsp3) is 0.167. The van der Waals surface area contributed by atoms with Gasteiger partial charge in [0.05, 0.1) is 46.2 Å². The van der Waals surface area contributed by atoms with E-state index in [9.17, 15) is 17.6 Å². The Morgan fingerprint density at radius 3 is 2.67 bits per heavy atom. The molecule has 0 unspecified atom stereocenters. The highest BCUT2D eigenvalue weighted by atomic mass is 32.2. The highest BCUT2D eigenvalue weighted by Gasteiger charge is 2.28. The lowest BCUT2D eigenvalue weighted by Crippen LogP contribution is -2.25. The van der Waals surface area contributed by atoms with Crippen molar-refractivity contribution in [1.29, 1.82) is 0 Å². The number of hydrogen-bond donors (Lipinski definition) is 1. The zero-order chi connectivity index (χ0) is 30.2. The Kier molecular flexibility index (Phi) is 5.85. The van der Waals surface area contributed by atoms with Crippen LogP contribution >= 0.6 is 0 Å². The second-order valence-electron chi connectivity index (χ2n) is 10.3. The number of halogens is 1. The Balaban J connectivity index is 1.50. The van der Waals surface area contributed by atoms with Gasteiger partial charge < -0.3 is 19.0 Å². The molecule has 13 heteroatoms. The average molecular weight is 601 g/mol. The van der Waals surface area contributed by atoms with Gasteiger partial charge in [-0.05, 0) is 36.4 Å². The summed E-state index contributed by atoms with van der Waals surface area (Å²) in [6.07, 6.45) is 4.41. The molecular weight excluding hydrogens is 575 g/mol. The summed E-state index contributed by atoms with van der Waals surface area (Å²) in [5, 5.41) is 7.78. The molecule has 0 bridgehead atoms. The van der Waals surface area contributed by atoms with Crippen LogP contribution in [-0.2, 0) is 23.8 Å². The number of aromatic nitrogens is 4. The highest BCUT2D eigenvalue weighted by Crippen LogP contribution is 2.43. The number of carbonyl (C=O) groups is 1. The van der Waals surface area contributed by atoms with E-state index in [1.54, 1.807) is 60.5 Å². The number of nitrogens with zero attached hydrogens (tertiary/aromatic N) is 5. The molecule has 5 heterocycles. The third-order valence-electron chi connectivity index (χ3n) is 7.68. The molecule has 218 valence electrons. The first-order valence-corrected chi connectivity index (χ1v) is 15.1. The molecule has 0 saturated heterocycles. The van der Waals surface area contributed by atoms with E-state index in [2.05, 4.69) is 10.4 Å². The van der Waals surface area contributed by atoms with Crippen LogP contribution in [0.3, 0.4) is 0 Å². The molecule has 0 spiro atoms. The molecule has 6 aromatic rings. The van der Waals surface area contributed by atoms with Crippen molar-refractivity contribution in [2.45, 2.75) is 6.73 Å². The molecule has 1 amide bonds. The molecule has 0 atom stereocenters. The maximum absolute atomic E-state index is 14.7. The normalized spacial score (nSPS) is 12.7. The van der Waals surface area contributed by atoms with Gasteiger partial charge in [0, 0.05) is 49.7 Å². The maximum atomic E-state index is 14.7.